The Morgan fingerprint density at radius 2 is 1.95 bits per heavy atom. The molecule has 0 spiro atoms. The normalized spacial score (nSPS) is 11.9. The van der Waals surface area contributed by atoms with Gasteiger partial charge in [-0.25, -0.2) is 0 Å². The van der Waals surface area contributed by atoms with Gasteiger partial charge < -0.3 is 5.73 Å². The summed E-state index contributed by atoms with van der Waals surface area (Å²) in [7, 11) is 0. The molecule has 1 aromatic carbocycles. The Bertz CT molecular complexity index is 409. The van der Waals surface area contributed by atoms with Crippen LogP contribution in [0.5, 0.6) is 0 Å². The summed E-state index contributed by atoms with van der Waals surface area (Å²) in [6, 6.07) is 9.36. The quantitative estimate of drug-likeness (QED) is 0.790. The summed E-state index contributed by atoms with van der Waals surface area (Å²) < 4.78 is 0. The molecule has 0 saturated heterocycles. The number of imide groups is 1. The smallest absolute Gasteiger partial charge is 0.236 e. The fourth-order valence-corrected chi connectivity index (χ4v) is 2.36. The molecule has 4 nitrogen and oxygen atoms in total. The summed E-state index contributed by atoms with van der Waals surface area (Å²) >= 11 is 1.51. The summed E-state index contributed by atoms with van der Waals surface area (Å²) in [4.78, 5) is 23.2. The second-order valence-electron chi connectivity index (χ2n) is 4.33. The zero-order chi connectivity index (χ0) is 14.1. The van der Waals surface area contributed by atoms with Gasteiger partial charge in [0, 0.05) is 5.25 Å². The van der Waals surface area contributed by atoms with Crippen LogP contribution in [0, 0.1) is 0 Å². The van der Waals surface area contributed by atoms with Gasteiger partial charge in [0.2, 0.25) is 11.8 Å². The van der Waals surface area contributed by atoms with Crippen molar-refractivity contribution in [3.8, 4) is 0 Å². The van der Waals surface area contributed by atoms with Gasteiger partial charge in [-0.1, -0.05) is 37.3 Å². The summed E-state index contributed by atoms with van der Waals surface area (Å²) in [5.41, 5.74) is 6.33. The molecule has 104 valence electrons. The average Bonchev–Trinajstić information content (AvgIpc) is 2.38. The summed E-state index contributed by atoms with van der Waals surface area (Å²) in [6.45, 7) is 2.64. The largest absolute Gasteiger partial charge is 0.330 e. The van der Waals surface area contributed by atoms with Crippen molar-refractivity contribution >= 4 is 23.6 Å². The van der Waals surface area contributed by atoms with E-state index in [1.54, 1.807) is 0 Å². The van der Waals surface area contributed by atoms with Crippen LogP contribution in [0.4, 0.5) is 0 Å². The zero-order valence-electron chi connectivity index (χ0n) is 11.1. The molecule has 0 aliphatic rings. The highest BCUT2D eigenvalue weighted by atomic mass is 32.2. The summed E-state index contributed by atoms with van der Waals surface area (Å²) in [5.74, 6) is -0.208. The number of benzene rings is 1. The topological polar surface area (TPSA) is 72.2 Å². The van der Waals surface area contributed by atoms with Crippen LogP contribution < -0.4 is 11.1 Å². The van der Waals surface area contributed by atoms with Gasteiger partial charge in [0.25, 0.3) is 0 Å². The van der Waals surface area contributed by atoms with E-state index < -0.39 is 0 Å². The third-order valence-corrected chi connectivity index (χ3v) is 3.79. The predicted octanol–water partition coefficient (Wildman–Crippen LogP) is 1.34. The Balaban J connectivity index is 2.26. The van der Waals surface area contributed by atoms with Gasteiger partial charge in [-0.15, -0.1) is 11.8 Å². The first-order valence-corrected chi connectivity index (χ1v) is 7.35. The maximum atomic E-state index is 11.6. The molecule has 3 N–H and O–H groups in total. The van der Waals surface area contributed by atoms with Crippen molar-refractivity contribution in [2.24, 2.45) is 5.73 Å². The van der Waals surface area contributed by atoms with Crippen molar-refractivity contribution < 1.29 is 9.59 Å². The lowest BCUT2D eigenvalue weighted by atomic mass is 10.1. The highest BCUT2D eigenvalue weighted by Gasteiger charge is 2.10. The monoisotopic (exact) mass is 280 g/mol. The molecule has 0 fully saturated rings. The molecule has 0 aromatic heterocycles. The first kappa shape index (κ1) is 15.7. The Morgan fingerprint density at radius 3 is 2.58 bits per heavy atom. The number of nitrogens with two attached hydrogens (primary N) is 1. The highest BCUT2D eigenvalue weighted by molar-refractivity contribution is 8.00. The molecule has 19 heavy (non-hydrogen) atoms. The third kappa shape index (κ3) is 6.98. The maximum Gasteiger partial charge on any atom is 0.236 e. The molecule has 2 amide bonds. The van der Waals surface area contributed by atoms with E-state index in [4.69, 9.17) is 5.73 Å². The lowest BCUT2D eigenvalue weighted by Gasteiger charge is -2.09. The SMILES string of the molecule is CC(CCN)SCC(=O)NC(=O)Cc1ccccc1. The van der Waals surface area contributed by atoms with Crippen molar-refractivity contribution in [1.82, 2.24) is 5.32 Å². The van der Waals surface area contributed by atoms with E-state index in [1.807, 2.05) is 37.3 Å². The molecule has 5 heteroatoms. The van der Waals surface area contributed by atoms with Gasteiger partial charge in [-0.2, -0.15) is 0 Å². The summed E-state index contributed by atoms with van der Waals surface area (Å²) in [5, 5.41) is 2.73. The number of thioether (sulfide) groups is 1. The standard InChI is InChI=1S/C14H20N2O2S/c1-11(7-8-15)19-10-14(18)16-13(17)9-12-5-3-2-4-6-12/h2-6,11H,7-10,15H2,1H3,(H,16,17,18). The van der Waals surface area contributed by atoms with Gasteiger partial charge >= 0.3 is 0 Å². The van der Waals surface area contributed by atoms with Crippen LogP contribution in [-0.2, 0) is 16.0 Å². The maximum absolute atomic E-state index is 11.6. The second kappa shape index (κ2) is 8.72. The van der Waals surface area contributed by atoms with Crippen LogP contribution in [0.25, 0.3) is 0 Å². The molecule has 0 saturated carbocycles. The van der Waals surface area contributed by atoms with Crippen molar-refractivity contribution in [2.75, 3.05) is 12.3 Å². The number of rotatable bonds is 7. The molecule has 1 unspecified atom stereocenters. The zero-order valence-corrected chi connectivity index (χ0v) is 11.9. The third-order valence-electron chi connectivity index (χ3n) is 2.56. The van der Waals surface area contributed by atoms with Crippen molar-refractivity contribution in [2.45, 2.75) is 25.0 Å². The molecule has 1 rings (SSSR count). The fraction of sp³-hybridized carbons (Fsp3) is 0.429. The molecule has 0 radical (unpaired) electrons. The van der Waals surface area contributed by atoms with Crippen LogP contribution in [0.2, 0.25) is 0 Å². The van der Waals surface area contributed by atoms with Crippen LogP contribution >= 0.6 is 11.8 Å². The Hall–Kier alpha value is -1.33. The number of hydrogen-bond donors (Lipinski definition) is 2. The molecule has 0 heterocycles. The van der Waals surface area contributed by atoms with E-state index in [1.165, 1.54) is 11.8 Å². The Labute approximate surface area is 118 Å². The molecular formula is C14H20N2O2S. The molecule has 0 aliphatic carbocycles. The van der Waals surface area contributed by atoms with Gasteiger partial charge in [0.15, 0.2) is 0 Å². The van der Waals surface area contributed by atoms with E-state index in [-0.39, 0.29) is 18.2 Å². The highest BCUT2D eigenvalue weighted by Crippen LogP contribution is 2.12. The molecular weight excluding hydrogens is 260 g/mol. The van der Waals surface area contributed by atoms with Crippen molar-refractivity contribution in [1.29, 1.82) is 0 Å². The van der Waals surface area contributed by atoms with E-state index in [2.05, 4.69) is 5.32 Å². The lowest BCUT2D eigenvalue weighted by molar-refractivity contribution is -0.128. The van der Waals surface area contributed by atoms with Gasteiger partial charge in [-0.3, -0.25) is 14.9 Å². The summed E-state index contributed by atoms with van der Waals surface area (Å²) in [6.07, 6.45) is 1.10. The Kier molecular flexibility index (Phi) is 7.22. The number of carbonyl (C=O) groups is 2. The van der Waals surface area contributed by atoms with Crippen LogP contribution in [0.1, 0.15) is 18.9 Å². The first-order chi connectivity index (χ1) is 9.11. The minimum atomic E-state index is -0.261. The van der Waals surface area contributed by atoms with E-state index in [0.717, 1.165) is 12.0 Å². The van der Waals surface area contributed by atoms with Crippen molar-refractivity contribution in [3.05, 3.63) is 35.9 Å². The van der Waals surface area contributed by atoms with E-state index >= 15 is 0 Å². The number of hydrogen-bond acceptors (Lipinski definition) is 4. The molecule has 1 atom stereocenters. The number of nitrogens with one attached hydrogen (secondary N) is 1. The van der Waals surface area contributed by atoms with E-state index in [9.17, 15) is 9.59 Å². The Morgan fingerprint density at radius 1 is 1.26 bits per heavy atom. The minimum Gasteiger partial charge on any atom is -0.330 e. The van der Waals surface area contributed by atoms with Crippen LogP contribution in [-0.4, -0.2) is 29.4 Å². The van der Waals surface area contributed by atoms with Gasteiger partial charge in [-0.05, 0) is 18.5 Å². The van der Waals surface area contributed by atoms with Crippen molar-refractivity contribution in [3.63, 3.8) is 0 Å². The first-order valence-electron chi connectivity index (χ1n) is 6.30. The number of carbonyl (C=O) groups excluding carboxylic acids is 2. The molecule has 1 aromatic rings. The second-order valence-corrected chi connectivity index (χ2v) is 5.76. The van der Waals surface area contributed by atoms with E-state index in [0.29, 0.717) is 17.5 Å². The lowest BCUT2D eigenvalue weighted by Crippen LogP contribution is -2.33. The van der Waals surface area contributed by atoms with Gasteiger partial charge in [0.1, 0.15) is 0 Å². The minimum absolute atomic E-state index is 0.232. The fourth-order valence-electron chi connectivity index (χ4n) is 1.55. The van der Waals surface area contributed by atoms with Crippen LogP contribution in [0.3, 0.4) is 0 Å². The van der Waals surface area contributed by atoms with Gasteiger partial charge in [0.05, 0.1) is 12.2 Å². The average molecular weight is 280 g/mol. The molecule has 0 bridgehead atoms. The van der Waals surface area contributed by atoms with Crippen LogP contribution in [0.15, 0.2) is 30.3 Å². The predicted molar refractivity (Wildman–Crippen MR) is 78.9 cm³/mol. The number of amides is 2. The molecule has 0 aliphatic heterocycles.